The van der Waals surface area contributed by atoms with Gasteiger partial charge in [-0.15, -0.1) is 11.8 Å². The van der Waals surface area contributed by atoms with Crippen LogP contribution < -0.4 is 5.32 Å². The van der Waals surface area contributed by atoms with Gasteiger partial charge in [0.05, 0.1) is 0 Å². The summed E-state index contributed by atoms with van der Waals surface area (Å²) >= 11 is 2.01. The lowest BCUT2D eigenvalue weighted by Gasteiger charge is -2.12. The second-order valence-corrected chi connectivity index (χ2v) is 8.26. The molecule has 1 unspecified atom stereocenters. The number of benzene rings is 1. The summed E-state index contributed by atoms with van der Waals surface area (Å²) in [5.74, 6) is 2.76. The molecule has 0 spiro atoms. The summed E-state index contributed by atoms with van der Waals surface area (Å²) in [5, 5.41) is 3.73. The van der Waals surface area contributed by atoms with Gasteiger partial charge in [-0.1, -0.05) is 45.9 Å². The number of nitrogens with one attached hydrogen (secondary N) is 1. The molecule has 0 radical (unpaired) electrons. The lowest BCUT2D eigenvalue weighted by molar-refractivity contribution is 0.457. The molecule has 104 valence electrons. The van der Waals surface area contributed by atoms with Crippen LogP contribution >= 0.6 is 11.8 Å². The highest BCUT2D eigenvalue weighted by Gasteiger charge is 2.63. The number of rotatable bonds is 4. The van der Waals surface area contributed by atoms with Gasteiger partial charge in [0, 0.05) is 23.1 Å². The normalized spacial score (nSPS) is 27.3. The largest absolute Gasteiger partial charge is 0.316 e. The molecule has 0 amide bonds. The Morgan fingerprint density at radius 3 is 2.47 bits per heavy atom. The second-order valence-electron chi connectivity index (χ2n) is 7.20. The molecular weight excluding hydrogens is 250 g/mol. The summed E-state index contributed by atoms with van der Waals surface area (Å²) < 4.78 is 0. The minimum atomic E-state index is 0.502. The van der Waals surface area contributed by atoms with Crippen LogP contribution in [-0.2, 0) is 0 Å². The molecule has 1 fully saturated rings. The van der Waals surface area contributed by atoms with Gasteiger partial charge in [0.15, 0.2) is 0 Å². The molecule has 2 heteroatoms. The van der Waals surface area contributed by atoms with Crippen LogP contribution in [0.1, 0.15) is 39.2 Å². The first-order valence-electron chi connectivity index (χ1n) is 7.37. The summed E-state index contributed by atoms with van der Waals surface area (Å²) in [5.41, 5.74) is 2.55. The molecule has 1 aromatic rings. The zero-order valence-corrected chi connectivity index (χ0v) is 13.3. The maximum atomic E-state index is 3.73. The summed E-state index contributed by atoms with van der Waals surface area (Å²) in [6.45, 7) is 11.9. The summed E-state index contributed by atoms with van der Waals surface area (Å²) in [6.07, 6.45) is 0. The Kier molecular flexibility index (Phi) is 3.22. The first-order chi connectivity index (χ1) is 8.94. The fourth-order valence-electron chi connectivity index (χ4n) is 3.64. The lowest BCUT2D eigenvalue weighted by Crippen LogP contribution is -2.25. The van der Waals surface area contributed by atoms with E-state index in [1.807, 2.05) is 11.8 Å². The van der Waals surface area contributed by atoms with Gasteiger partial charge in [0.25, 0.3) is 0 Å². The van der Waals surface area contributed by atoms with Crippen LogP contribution in [0.5, 0.6) is 0 Å². The minimum Gasteiger partial charge on any atom is -0.316 e. The Hall–Kier alpha value is -0.470. The van der Waals surface area contributed by atoms with E-state index in [0.717, 1.165) is 12.5 Å². The maximum absolute atomic E-state index is 3.73. The van der Waals surface area contributed by atoms with Crippen molar-refractivity contribution in [2.24, 2.45) is 16.7 Å². The topological polar surface area (TPSA) is 12.0 Å². The van der Waals surface area contributed by atoms with E-state index in [0.29, 0.717) is 16.7 Å². The van der Waals surface area contributed by atoms with Gasteiger partial charge in [0.2, 0.25) is 0 Å². The molecule has 0 aromatic heterocycles. The van der Waals surface area contributed by atoms with Crippen LogP contribution in [0.2, 0.25) is 0 Å². The molecule has 1 N–H and O–H groups in total. The van der Waals surface area contributed by atoms with Gasteiger partial charge in [-0.05, 0) is 34.9 Å². The van der Waals surface area contributed by atoms with Crippen molar-refractivity contribution >= 4 is 11.8 Å². The fraction of sp³-hybridized carbons (Fsp3) is 0.647. The van der Waals surface area contributed by atoms with E-state index >= 15 is 0 Å². The first kappa shape index (κ1) is 13.5. The van der Waals surface area contributed by atoms with Crippen LogP contribution in [0.15, 0.2) is 29.2 Å². The van der Waals surface area contributed by atoms with Crippen molar-refractivity contribution < 1.29 is 0 Å². The van der Waals surface area contributed by atoms with Crippen molar-refractivity contribution in [3.05, 3.63) is 29.8 Å². The number of thioether (sulfide) groups is 1. The van der Waals surface area contributed by atoms with Gasteiger partial charge in [0.1, 0.15) is 0 Å². The summed E-state index contributed by atoms with van der Waals surface area (Å²) in [7, 11) is 0. The molecule has 0 bridgehead atoms. The summed E-state index contributed by atoms with van der Waals surface area (Å²) in [6, 6.07) is 8.88. The van der Waals surface area contributed by atoms with Gasteiger partial charge < -0.3 is 5.32 Å². The van der Waals surface area contributed by atoms with Crippen molar-refractivity contribution in [1.82, 2.24) is 5.32 Å². The van der Waals surface area contributed by atoms with Crippen molar-refractivity contribution in [3.8, 4) is 0 Å². The Labute approximate surface area is 121 Å². The van der Waals surface area contributed by atoms with Gasteiger partial charge in [-0.25, -0.2) is 0 Å². The SMILES string of the molecule is CC1(C)C(CNCC2CSc3ccccc32)C1(C)C. The van der Waals surface area contributed by atoms with Crippen LogP contribution in [-0.4, -0.2) is 18.8 Å². The molecule has 1 aliphatic heterocycles. The highest BCUT2D eigenvalue weighted by atomic mass is 32.2. The van der Waals surface area contributed by atoms with E-state index in [1.54, 1.807) is 5.56 Å². The quantitative estimate of drug-likeness (QED) is 0.886. The third-order valence-electron chi connectivity index (χ3n) is 5.86. The van der Waals surface area contributed by atoms with E-state index in [4.69, 9.17) is 0 Å². The zero-order chi connectivity index (χ0) is 13.7. The third kappa shape index (κ3) is 2.13. The number of hydrogen-bond acceptors (Lipinski definition) is 2. The number of fused-ring (bicyclic) bond motifs is 1. The molecule has 2 aliphatic rings. The average molecular weight is 275 g/mol. The Balaban J connectivity index is 1.53. The maximum Gasteiger partial charge on any atom is 0.0108 e. The molecule has 1 nitrogen and oxygen atoms in total. The fourth-order valence-corrected chi connectivity index (χ4v) is 4.90. The Morgan fingerprint density at radius 2 is 1.79 bits per heavy atom. The Bertz CT molecular complexity index is 464. The third-order valence-corrected chi connectivity index (χ3v) is 7.11. The van der Waals surface area contributed by atoms with E-state index in [2.05, 4.69) is 57.3 Å². The van der Waals surface area contributed by atoms with Crippen LogP contribution in [0.3, 0.4) is 0 Å². The van der Waals surface area contributed by atoms with Crippen LogP contribution in [0.4, 0.5) is 0 Å². The highest BCUT2D eigenvalue weighted by molar-refractivity contribution is 7.99. The predicted octanol–water partition coefficient (Wildman–Crippen LogP) is 4.15. The molecule has 1 heterocycles. The van der Waals surface area contributed by atoms with Crippen LogP contribution in [0, 0.1) is 16.7 Å². The summed E-state index contributed by atoms with van der Waals surface area (Å²) in [4.78, 5) is 1.49. The second kappa shape index (κ2) is 4.53. The van der Waals surface area contributed by atoms with Gasteiger partial charge in [-0.3, -0.25) is 0 Å². The van der Waals surface area contributed by atoms with Crippen molar-refractivity contribution in [2.75, 3.05) is 18.8 Å². The van der Waals surface area contributed by atoms with Crippen molar-refractivity contribution in [3.63, 3.8) is 0 Å². The van der Waals surface area contributed by atoms with Crippen molar-refractivity contribution in [1.29, 1.82) is 0 Å². The molecule has 1 saturated carbocycles. The first-order valence-corrected chi connectivity index (χ1v) is 8.35. The monoisotopic (exact) mass is 275 g/mol. The molecule has 1 atom stereocenters. The lowest BCUT2D eigenvalue weighted by atomic mass is 10.0. The van der Waals surface area contributed by atoms with Gasteiger partial charge >= 0.3 is 0 Å². The van der Waals surface area contributed by atoms with E-state index in [9.17, 15) is 0 Å². The smallest absolute Gasteiger partial charge is 0.0108 e. The minimum absolute atomic E-state index is 0.502. The zero-order valence-electron chi connectivity index (χ0n) is 12.5. The predicted molar refractivity (Wildman–Crippen MR) is 83.8 cm³/mol. The molecule has 1 aromatic carbocycles. The molecule has 19 heavy (non-hydrogen) atoms. The van der Waals surface area contributed by atoms with Gasteiger partial charge in [-0.2, -0.15) is 0 Å². The average Bonchev–Trinajstić information content (AvgIpc) is 2.68. The standard InChI is InChI=1S/C17H25NS/c1-16(2)15(17(16,3)4)10-18-9-12-11-19-14-8-6-5-7-13(12)14/h5-8,12,15,18H,9-11H2,1-4H3. The number of hydrogen-bond donors (Lipinski definition) is 1. The van der Waals surface area contributed by atoms with E-state index < -0.39 is 0 Å². The van der Waals surface area contributed by atoms with E-state index in [1.165, 1.54) is 17.2 Å². The van der Waals surface area contributed by atoms with Crippen molar-refractivity contribution in [2.45, 2.75) is 38.5 Å². The molecule has 0 saturated heterocycles. The Morgan fingerprint density at radius 1 is 1.11 bits per heavy atom. The van der Waals surface area contributed by atoms with Crippen LogP contribution in [0.25, 0.3) is 0 Å². The van der Waals surface area contributed by atoms with E-state index in [-0.39, 0.29) is 0 Å². The molecule has 1 aliphatic carbocycles. The highest BCUT2D eigenvalue weighted by Crippen LogP contribution is 2.67. The molecular formula is C17H25NS. The molecule has 3 rings (SSSR count).